The van der Waals surface area contributed by atoms with Crippen molar-refractivity contribution in [3.63, 3.8) is 0 Å². The Balaban J connectivity index is 2.82. The summed E-state index contributed by atoms with van der Waals surface area (Å²) in [5.41, 5.74) is 6.12. The lowest BCUT2D eigenvalue weighted by Crippen LogP contribution is -2.54. The molecule has 0 radical (unpaired) electrons. The molecule has 20 heavy (non-hydrogen) atoms. The van der Waals surface area contributed by atoms with Crippen LogP contribution in [0.2, 0.25) is 0 Å². The standard InChI is InChI=1S/C14H25N3O2S/c1-4-14(5-2,12-15)17(3)20(18,19)11-9-13-8-6-7-10-16-13/h6-8,10H,4-5,9,11-12,15H2,1-3H3. The second-order valence-electron chi connectivity index (χ2n) is 4.99. The highest BCUT2D eigenvalue weighted by molar-refractivity contribution is 7.89. The van der Waals surface area contributed by atoms with Gasteiger partial charge in [0.2, 0.25) is 10.0 Å². The van der Waals surface area contributed by atoms with Crippen LogP contribution in [0.5, 0.6) is 0 Å². The summed E-state index contributed by atoms with van der Waals surface area (Å²) in [4.78, 5) is 4.16. The van der Waals surface area contributed by atoms with Gasteiger partial charge in [-0.2, -0.15) is 4.31 Å². The van der Waals surface area contributed by atoms with Crippen LogP contribution in [0.4, 0.5) is 0 Å². The normalized spacial score (nSPS) is 12.8. The van der Waals surface area contributed by atoms with Crippen LogP contribution in [0.25, 0.3) is 0 Å². The van der Waals surface area contributed by atoms with Crippen molar-refractivity contribution in [3.05, 3.63) is 30.1 Å². The van der Waals surface area contributed by atoms with Gasteiger partial charge in [0.15, 0.2) is 0 Å². The van der Waals surface area contributed by atoms with Gasteiger partial charge in [0, 0.05) is 37.4 Å². The summed E-state index contributed by atoms with van der Waals surface area (Å²) >= 11 is 0. The summed E-state index contributed by atoms with van der Waals surface area (Å²) in [7, 11) is -1.71. The summed E-state index contributed by atoms with van der Waals surface area (Å²) in [6.07, 6.45) is 3.51. The number of nitrogens with two attached hydrogens (primary N) is 1. The molecule has 5 nitrogen and oxygen atoms in total. The average Bonchev–Trinajstić information content (AvgIpc) is 2.48. The van der Waals surface area contributed by atoms with Crippen molar-refractivity contribution in [2.45, 2.75) is 38.6 Å². The van der Waals surface area contributed by atoms with Crippen molar-refractivity contribution in [2.24, 2.45) is 5.73 Å². The van der Waals surface area contributed by atoms with Gasteiger partial charge in [-0.15, -0.1) is 0 Å². The number of hydrogen-bond acceptors (Lipinski definition) is 4. The molecule has 0 atom stereocenters. The van der Waals surface area contributed by atoms with Crippen LogP contribution in [-0.4, -0.2) is 42.6 Å². The number of likely N-dealkylation sites (N-methyl/N-ethyl adjacent to an activating group) is 1. The maximum atomic E-state index is 12.5. The van der Waals surface area contributed by atoms with Crippen molar-refractivity contribution < 1.29 is 8.42 Å². The van der Waals surface area contributed by atoms with E-state index in [2.05, 4.69) is 4.98 Å². The molecule has 0 amide bonds. The number of sulfonamides is 1. The lowest BCUT2D eigenvalue weighted by molar-refractivity contribution is 0.208. The topological polar surface area (TPSA) is 76.3 Å². The Morgan fingerprint density at radius 2 is 1.95 bits per heavy atom. The number of nitrogens with zero attached hydrogens (tertiary/aromatic N) is 2. The van der Waals surface area contributed by atoms with E-state index in [9.17, 15) is 8.42 Å². The molecule has 1 heterocycles. The van der Waals surface area contributed by atoms with Crippen molar-refractivity contribution in [1.29, 1.82) is 0 Å². The highest BCUT2D eigenvalue weighted by Gasteiger charge is 2.36. The first-order valence-electron chi connectivity index (χ1n) is 6.98. The monoisotopic (exact) mass is 299 g/mol. The first-order valence-corrected chi connectivity index (χ1v) is 8.59. The minimum atomic E-state index is -3.34. The van der Waals surface area contributed by atoms with Crippen molar-refractivity contribution >= 4 is 10.0 Å². The minimum Gasteiger partial charge on any atom is -0.329 e. The van der Waals surface area contributed by atoms with Gasteiger partial charge in [-0.25, -0.2) is 8.42 Å². The molecule has 1 aromatic heterocycles. The number of rotatable bonds is 8. The van der Waals surface area contributed by atoms with Crippen LogP contribution < -0.4 is 5.73 Å². The van der Waals surface area contributed by atoms with Crippen molar-refractivity contribution in [1.82, 2.24) is 9.29 Å². The summed E-state index contributed by atoms with van der Waals surface area (Å²) in [5.74, 6) is 0.0578. The largest absolute Gasteiger partial charge is 0.329 e. The summed E-state index contributed by atoms with van der Waals surface area (Å²) < 4.78 is 26.4. The Hall–Kier alpha value is -0.980. The van der Waals surface area contributed by atoms with E-state index in [-0.39, 0.29) is 5.75 Å². The molecule has 0 bridgehead atoms. The lowest BCUT2D eigenvalue weighted by atomic mass is 9.93. The SMILES string of the molecule is CCC(CC)(CN)N(C)S(=O)(=O)CCc1ccccn1. The first-order chi connectivity index (χ1) is 9.41. The van der Waals surface area contributed by atoms with Crippen LogP contribution in [0.15, 0.2) is 24.4 Å². The smallest absolute Gasteiger partial charge is 0.214 e. The molecule has 1 aromatic rings. The third kappa shape index (κ3) is 3.77. The van der Waals surface area contributed by atoms with Gasteiger partial charge in [0.05, 0.1) is 5.75 Å². The molecular weight excluding hydrogens is 274 g/mol. The Bertz CT molecular complexity index is 490. The number of pyridine rings is 1. The third-order valence-electron chi connectivity index (χ3n) is 4.12. The number of aromatic nitrogens is 1. The number of aryl methyl sites for hydroxylation is 1. The van der Waals surface area contributed by atoms with E-state index >= 15 is 0 Å². The van der Waals surface area contributed by atoms with E-state index in [0.717, 1.165) is 5.69 Å². The fraction of sp³-hybridized carbons (Fsp3) is 0.643. The predicted octanol–water partition coefficient (Wildman–Crippen LogP) is 1.40. The summed E-state index contributed by atoms with van der Waals surface area (Å²) in [6, 6.07) is 5.52. The highest BCUT2D eigenvalue weighted by atomic mass is 32.2. The second kappa shape index (κ2) is 7.15. The zero-order valence-corrected chi connectivity index (χ0v) is 13.4. The molecule has 0 saturated carbocycles. The Labute approximate surface area is 122 Å². The van der Waals surface area contributed by atoms with Crippen LogP contribution in [0.3, 0.4) is 0 Å². The molecule has 0 spiro atoms. The first kappa shape index (κ1) is 17.1. The van der Waals surface area contributed by atoms with Gasteiger partial charge in [-0.3, -0.25) is 4.98 Å². The molecule has 0 saturated heterocycles. The average molecular weight is 299 g/mol. The van der Waals surface area contributed by atoms with E-state index in [1.54, 1.807) is 13.2 Å². The molecular formula is C14H25N3O2S. The molecule has 0 aliphatic rings. The molecule has 114 valence electrons. The molecule has 0 aromatic carbocycles. The van der Waals surface area contributed by atoms with Gasteiger partial charge in [0.25, 0.3) is 0 Å². The zero-order chi connectivity index (χ0) is 15.2. The van der Waals surface area contributed by atoms with Crippen LogP contribution in [0.1, 0.15) is 32.4 Å². The molecule has 0 aliphatic carbocycles. The fourth-order valence-electron chi connectivity index (χ4n) is 2.32. The second-order valence-corrected chi connectivity index (χ2v) is 7.11. The summed E-state index contributed by atoms with van der Waals surface area (Å²) in [5, 5.41) is 0. The predicted molar refractivity (Wildman–Crippen MR) is 81.9 cm³/mol. The van der Waals surface area contributed by atoms with E-state index in [1.807, 2.05) is 32.0 Å². The molecule has 0 fully saturated rings. The Morgan fingerprint density at radius 1 is 1.30 bits per heavy atom. The molecule has 0 unspecified atom stereocenters. The van der Waals surface area contributed by atoms with E-state index in [4.69, 9.17) is 5.73 Å². The third-order valence-corrected chi connectivity index (χ3v) is 6.07. The zero-order valence-electron chi connectivity index (χ0n) is 12.5. The molecule has 0 aliphatic heterocycles. The maximum Gasteiger partial charge on any atom is 0.214 e. The van der Waals surface area contributed by atoms with E-state index in [1.165, 1.54) is 4.31 Å². The molecule has 2 N–H and O–H groups in total. The van der Waals surface area contributed by atoms with Gasteiger partial charge in [-0.1, -0.05) is 19.9 Å². The van der Waals surface area contributed by atoms with Crippen LogP contribution in [-0.2, 0) is 16.4 Å². The molecule has 6 heteroatoms. The molecule has 1 rings (SSSR count). The van der Waals surface area contributed by atoms with Gasteiger partial charge >= 0.3 is 0 Å². The summed E-state index contributed by atoms with van der Waals surface area (Å²) in [6.45, 7) is 4.28. The van der Waals surface area contributed by atoms with Crippen LogP contribution in [0, 0.1) is 0 Å². The van der Waals surface area contributed by atoms with Gasteiger partial charge in [0.1, 0.15) is 0 Å². The fourth-order valence-corrected chi connectivity index (χ4v) is 3.99. The minimum absolute atomic E-state index is 0.0578. The lowest BCUT2D eigenvalue weighted by Gasteiger charge is -2.38. The Kier molecular flexibility index (Phi) is 6.10. The highest BCUT2D eigenvalue weighted by Crippen LogP contribution is 2.24. The van der Waals surface area contributed by atoms with E-state index in [0.29, 0.717) is 25.8 Å². The van der Waals surface area contributed by atoms with Gasteiger partial charge in [-0.05, 0) is 25.0 Å². The van der Waals surface area contributed by atoms with E-state index < -0.39 is 15.6 Å². The number of hydrogen-bond donors (Lipinski definition) is 1. The van der Waals surface area contributed by atoms with Gasteiger partial charge < -0.3 is 5.73 Å². The Morgan fingerprint density at radius 3 is 2.40 bits per heavy atom. The van der Waals surface area contributed by atoms with Crippen molar-refractivity contribution in [2.75, 3.05) is 19.3 Å². The maximum absolute atomic E-state index is 12.5. The van der Waals surface area contributed by atoms with Crippen molar-refractivity contribution in [3.8, 4) is 0 Å². The van der Waals surface area contributed by atoms with Crippen LogP contribution >= 0.6 is 0 Å². The quantitative estimate of drug-likeness (QED) is 0.787.